The molecule has 3 nitrogen and oxygen atoms in total. The number of nitrogens with zero attached hydrogens (tertiary/aromatic N) is 3. The van der Waals surface area contributed by atoms with Crippen LogP contribution in [-0.4, -0.2) is 22.6 Å². The van der Waals surface area contributed by atoms with Crippen molar-refractivity contribution < 1.29 is 0 Å². The summed E-state index contributed by atoms with van der Waals surface area (Å²) in [5, 5.41) is 0. The maximum atomic E-state index is 5.74. The molecule has 4 heteroatoms. The van der Waals surface area contributed by atoms with Gasteiger partial charge in [-0.3, -0.25) is 4.98 Å². The summed E-state index contributed by atoms with van der Waals surface area (Å²) >= 11 is 5.74. The van der Waals surface area contributed by atoms with Crippen LogP contribution in [0.3, 0.4) is 0 Å². The Kier molecular flexibility index (Phi) is 4.82. The highest BCUT2D eigenvalue weighted by Crippen LogP contribution is 2.14. The van der Waals surface area contributed by atoms with E-state index in [1.165, 1.54) is 0 Å². The molecule has 1 aromatic heterocycles. The van der Waals surface area contributed by atoms with Crippen molar-refractivity contribution in [2.45, 2.75) is 39.1 Å². The van der Waals surface area contributed by atoms with Gasteiger partial charge in [0.05, 0.1) is 17.8 Å². The fraction of sp³-hybridized carbons (Fsp3) is 0.636. The van der Waals surface area contributed by atoms with E-state index in [4.69, 9.17) is 11.6 Å². The third-order valence-electron chi connectivity index (χ3n) is 2.19. The molecule has 0 bridgehead atoms. The van der Waals surface area contributed by atoms with E-state index >= 15 is 0 Å². The number of hydrogen-bond acceptors (Lipinski definition) is 3. The zero-order valence-electron chi connectivity index (χ0n) is 9.57. The lowest BCUT2D eigenvalue weighted by Gasteiger charge is -2.27. The average Bonchev–Trinajstić information content (AvgIpc) is 2.25. The van der Waals surface area contributed by atoms with Crippen LogP contribution in [0, 0.1) is 0 Å². The van der Waals surface area contributed by atoms with Crippen LogP contribution in [0.4, 0.5) is 5.82 Å². The van der Waals surface area contributed by atoms with Gasteiger partial charge >= 0.3 is 0 Å². The molecule has 0 N–H and O–H groups in total. The minimum atomic E-state index is 0.416. The summed E-state index contributed by atoms with van der Waals surface area (Å²) in [6.45, 7) is 7.47. The lowest BCUT2D eigenvalue weighted by Crippen LogP contribution is -2.32. The summed E-state index contributed by atoms with van der Waals surface area (Å²) < 4.78 is 0. The molecule has 15 heavy (non-hydrogen) atoms. The quantitative estimate of drug-likeness (QED) is 0.725. The molecular formula is C11H18ClN3. The van der Waals surface area contributed by atoms with E-state index in [2.05, 4.69) is 35.6 Å². The van der Waals surface area contributed by atoms with Gasteiger partial charge in [-0.15, -0.1) is 11.6 Å². The van der Waals surface area contributed by atoms with Crippen molar-refractivity contribution in [2.24, 2.45) is 0 Å². The van der Waals surface area contributed by atoms with Gasteiger partial charge in [-0.1, -0.05) is 6.92 Å². The van der Waals surface area contributed by atoms with Gasteiger partial charge in [0.15, 0.2) is 0 Å². The summed E-state index contributed by atoms with van der Waals surface area (Å²) in [5.41, 5.74) is 0.830. The van der Waals surface area contributed by atoms with Crippen molar-refractivity contribution in [1.82, 2.24) is 9.97 Å². The van der Waals surface area contributed by atoms with Crippen LogP contribution in [0.5, 0.6) is 0 Å². The highest BCUT2D eigenvalue weighted by molar-refractivity contribution is 6.16. The normalized spacial score (nSPS) is 10.7. The van der Waals surface area contributed by atoms with Gasteiger partial charge in [-0.2, -0.15) is 0 Å². The second-order valence-corrected chi connectivity index (χ2v) is 4.06. The molecule has 0 atom stereocenters. The lowest BCUT2D eigenvalue weighted by molar-refractivity contribution is 0.659. The van der Waals surface area contributed by atoms with Gasteiger partial charge in [-0.05, 0) is 20.3 Å². The van der Waals surface area contributed by atoms with Gasteiger partial charge in [0, 0.05) is 18.8 Å². The van der Waals surface area contributed by atoms with Crippen molar-refractivity contribution in [3.8, 4) is 0 Å². The van der Waals surface area contributed by atoms with Crippen molar-refractivity contribution in [3.05, 3.63) is 18.1 Å². The molecule has 1 heterocycles. The zero-order valence-corrected chi connectivity index (χ0v) is 10.3. The van der Waals surface area contributed by atoms with Crippen molar-refractivity contribution in [1.29, 1.82) is 0 Å². The largest absolute Gasteiger partial charge is 0.353 e. The van der Waals surface area contributed by atoms with Crippen molar-refractivity contribution in [3.63, 3.8) is 0 Å². The van der Waals surface area contributed by atoms with E-state index in [-0.39, 0.29) is 0 Å². The molecular weight excluding hydrogens is 210 g/mol. The Morgan fingerprint density at radius 2 is 2.13 bits per heavy atom. The highest BCUT2D eigenvalue weighted by Gasteiger charge is 2.11. The predicted molar refractivity (Wildman–Crippen MR) is 64.4 cm³/mol. The first-order valence-electron chi connectivity index (χ1n) is 5.32. The van der Waals surface area contributed by atoms with Gasteiger partial charge in [0.25, 0.3) is 0 Å². The first-order chi connectivity index (χ1) is 7.19. The standard InChI is InChI=1S/C11H18ClN3/c1-4-5-15(9(2)3)11-8-13-7-10(6-12)14-11/h7-9H,4-6H2,1-3H3. The Balaban J connectivity index is 2.89. The van der Waals surface area contributed by atoms with Crippen molar-refractivity contribution >= 4 is 17.4 Å². The van der Waals surface area contributed by atoms with Crippen LogP contribution < -0.4 is 4.90 Å². The van der Waals surface area contributed by atoms with Crippen LogP contribution in [-0.2, 0) is 5.88 Å². The van der Waals surface area contributed by atoms with E-state index in [1.807, 2.05) is 0 Å². The van der Waals surface area contributed by atoms with Gasteiger partial charge in [-0.25, -0.2) is 4.98 Å². The summed E-state index contributed by atoms with van der Waals surface area (Å²) in [6, 6.07) is 0.435. The van der Waals surface area contributed by atoms with Gasteiger partial charge in [0.2, 0.25) is 0 Å². The summed E-state index contributed by atoms with van der Waals surface area (Å²) in [6.07, 6.45) is 4.61. The SMILES string of the molecule is CCCN(c1cncc(CCl)n1)C(C)C. The van der Waals surface area contributed by atoms with Gasteiger partial charge < -0.3 is 4.90 Å². The fourth-order valence-corrected chi connectivity index (χ4v) is 1.60. The van der Waals surface area contributed by atoms with Gasteiger partial charge in [0.1, 0.15) is 5.82 Å². The number of hydrogen-bond donors (Lipinski definition) is 0. The number of halogens is 1. The molecule has 0 aliphatic heterocycles. The second-order valence-electron chi connectivity index (χ2n) is 3.79. The van der Waals surface area contributed by atoms with Crippen LogP contribution in [0.1, 0.15) is 32.9 Å². The minimum Gasteiger partial charge on any atom is -0.353 e. The monoisotopic (exact) mass is 227 g/mol. The zero-order chi connectivity index (χ0) is 11.3. The minimum absolute atomic E-state index is 0.416. The second kappa shape index (κ2) is 5.91. The molecule has 0 fully saturated rings. The molecule has 1 aromatic rings. The van der Waals surface area contributed by atoms with Crippen LogP contribution in [0.15, 0.2) is 12.4 Å². The average molecular weight is 228 g/mol. The molecule has 0 aromatic carbocycles. The predicted octanol–water partition coefficient (Wildman–Crippen LogP) is 2.84. The number of anilines is 1. The van der Waals surface area contributed by atoms with E-state index in [1.54, 1.807) is 12.4 Å². The Labute approximate surface area is 96.5 Å². The number of aromatic nitrogens is 2. The number of rotatable bonds is 5. The fourth-order valence-electron chi connectivity index (χ4n) is 1.48. The Morgan fingerprint density at radius 3 is 2.67 bits per heavy atom. The third kappa shape index (κ3) is 3.34. The van der Waals surface area contributed by atoms with Crippen LogP contribution in [0.2, 0.25) is 0 Å². The Bertz CT molecular complexity index is 302. The summed E-state index contributed by atoms with van der Waals surface area (Å²) in [7, 11) is 0. The van der Waals surface area contributed by atoms with E-state index in [0.29, 0.717) is 11.9 Å². The molecule has 0 spiro atoms. The molecule has 0 saturated carbocycles. The van der Waals surface area contributed by atoms with Crippen molar-refractivity contribution in [2.75, 3.05) is 11.4 Å². The van der Waals surface area contributed by atoms with Crippen LogP contribution >= 0.6 is 11.6 Å². The van der Waals surface area contributed by atoms with Crippen LogP contribution in [0.25, 0.3) is 0 Å². The smallest absolute Gasteiger partial charge is 0.147 e. The number of alkyl halides is 1. The molecule has 1 rings (SSSR count). The topological polar surface area (TPSA) is 29.0 Å². The molecule has 0 unspecified atom stereocenters. The first-order valence-corrected chi connectivity index (χ1v) is 5.86. The van der Waals surface area contributed by atoms with E-state index in [9.17, 15) is 0 Å². The maximum absolute atomic E-state index is 5.74. The maximum Gasteiger partial charge on any atom is 0.147 e. The van der Waals surface area contributed by atoms with E-state index in [0.717, 1.165) is 24.5 Å². The third-order valence-corrected chi connectivity index (χ3v) is 2.46. The van der Waals surface area contributed by atoms with E-state index < -0.39 is 0 Å². The Morgan fingerprint density at radius 1 is 1.40 bits per heavy atom. The summed E-state index contributed by atoms with van der Waals surface area (Å²) in [5.74, 6) is 1.34. The molecule has 0 aliphatic carbocycles. The lowest BCUT2D eigenvalue weighted by atomic mass is 10.3. The molecule has 84 valence electrons. The summed E-state index contributed by atoms with van der Waals surface area (Å²) in [4.78, 5) is 10.9. The molecule has 0 amide bonds. The molecule has 0 saturated heterocycles. The Hall–Kier alpha value is -0.830. The first kappa shape index (κ1) is 12.2. The highest BCUT2D eigenvalue weighted by atomic mass is 35.5. The molecule has 0 radical (unpaired) electrons. The molecule has 0 aliphatic rings.